The molecule has 0 saturated carbocycles. The van der Waals surface area contributed by atoms with Crippen molar-refractivity contribution in [1.82, 2.24) is 14.5 Å². The van der Waals surface area contributed by atoms with Crippen molar-refractivity contribution in [3.05, 3.63) is 48.5 Å². The number of para-hydroxylation sites is 1. The molecule has 2 aromatic rings. The lowest BCUT2D eigenvalue weighted by atomic mass is 10.3. The number of carbonyl (C=O) groups excluding carboxylic acids is 2. The molecule has 1 heterocycles. The van der Waals surface area contributed by atoms with Crippen LogP contribution in [0.1, 0.15) is 17.4 Å². The van der Waals surface area contributed by atoms with Crippen molar-refractivity contribution in [2.45, 2.75) is 6.92 Å². The quantitative estimate of drug-likeness (QED) is 0.782. The van der Waals surface area contributed by atoms with Gasteiger partial charge in [-0.2, -0.15) is 0 Å². The summed E-state index contributed by atoms with van der Waals surface area (Å²) in [5, 5.41) is 0. The molecule has 6 heteroatoms. The summed E-state index contributed by atoms with van der Waals surface area (Å²) in [7, 11) is 1.56. The van der Waals surface area contributed by atoms with Crippen LogP contribution in [0.2, 0.25) is 0 Å². The first-order chi connectivity index (χ1) is 10.1. The van der Waals surface area contributed by atoms with Gasteiger partial charge in [-0.3, -0.25) is 14.2 Å². The molecule has 6 nitrogen and oxygen atoms in total. The van der Waals surface area contributed by atoms with E-state index in [1.165, 1.54) is 11.1 Å². The number of esters is 1. The number of aromatic nitrogens is 2. The zero-order chi connectivity index (χ0) is 15.2. The molecule has 1 aromatic heterocycles. The fourth-order valence-electron chi connectivity index (χ4n) is 1.92. The molecule has 0 atom stereocenters. The first-order valence-electron chi connectivity index (χ1n) is 6.62. The third-order valence-electron chi connectivity index (χ3n) is 2.91. The molecule has 0 radical (unpaired) electrons. The second-order valence-corrected chi connectivity index (χ2v) is 4.45. The van der Waals surface area contributed by atoms with E-state index in [0.29, 0.717) is 12.3 Å². The van der Waals surface area contributed by atoms with Crippen LogP contribution in [0.5, 0.6) is 0 Å². The molecule has 0 aliphatic heterocycles. The molecule has 0 spiro atoms. The monoisotopic (exact) mass is 287 g/mol. The van der Waals surface area contributed by atoms with Gasteiger partial charge in [-0.05, 0) is 19.1 Å². The van der Waals surface area contributed by atoms with Gasteiger partial charge >= 0.3 is 5.97 Å². The summed E-state index contributed by atoms with van der Waals surface area (Å²) in [5.74, 6) is -0.719. The van der Waals surface area contributed by atoms with Crippen LogP contribution in [-0.2, 0) is 9.53 Å². The first kappa shape index (κ1) is 14.8. The molecular formula is C15H17N3O3. The van der Waals surface area contributed by atoms with Gasteiger partial charge in [0.1, 0.15) is 12.2 Å². The van der Waals surface area contributed by atoms with E-state index >= 15 is 0 Å². The topological polar surface area (TPSA) is 64.4 Å². The van der Waals surface area contributed by atoms with Crippen molar-refractivity contribution in [2.24, 2.45) is 0 Å². The molecule has 0 aliphatic carbocycles. The van der Waals surface area contributed by atoms with Crippen molar-refractivity contribution in [3.8, 4) is 5.69 Å². The smallest absolute Gasteiger partial charge is 0.325 e. The highest BCUT2D eigenvalue weighted by Gasteiger charge is 2.19. The maximum atomic E-state index is 12.4. The Labute approximate surface area is 123 Å². The Morgan fingerprint density at radius 1 is 1.29 bits per heavy atom. The number of benzene rings is 1. The number of likely N-dealkylation sites (N-methyl/N-ethyl adjacent to an activating group) is 1. The summed E-state index contributed by atoms with van der Waals surface area (Å²) in [6.45, 7) is 1.93. The summed E-state index contributed by atoms with van der Waals surface area (Å²) in [4.78, 5) is 29.2. The van der Waals surface area contributed by atoms with E-state index in [4.69, 9.17) is 4.74 Å². The molecule has 1 aromatic carbocycles. The minimum absolute atomic E-state index is 0.0906. The summed E-state index contributed by atoms with van der Waals surface area (Å²) in [6, 6.07) is 9.42. The molecule has 0 N–H and O–H groups in total. The minimum Gasteiger partial charge on any atom is -0.465 e. The van der Waals surface area contributed by atoms with Crippen molar-refractivity contribution < 1.29 is 14.3 Å². The summed E-state index contributed by atoms with van der Waals surface area (Å²) < 4.78 is 6.52. The molecule has 1 amide bonds. The number of amides is 1. The predicted molar refractivity (Wildman–Crippen MR) is 77.2 cm³/mol. The highest BCUT2D eigenvalue weighted by molar-refractivity contribution is 5.94. The number of rotatable bonds is 5. The third-order valence-corrected chi connectivity index (χ3v) is 2.91. The van der Waals surface area contributed by atoms with Gasteiger partial charge in [0, 0.05) is 12.7 Å². The molecule has 110 valence electrons. The molecule has 0 fully saturated rings. The molecule has 2 rings (SSSR count). The van der Waals surface area contributed by atoms with Crippen LogP contribution in [0.15, 0.2) is 42.9 Å². The van der Waals surface area contributed by atoms with E-state index in [1.807, 2.05) is 30.3 Å². The summed E-state index contributed by atoms with van der Waals surface area (Å²) in [6.07, 6.45) is 3.05. The average molecular weight is 287 g/mol. The van der Waals surface area contributed by atoms with Crippen molar-refractivity contribution in [3.63, 3.8) is 0 Å². The maximum Gasteiger partial charge on any atom is 0.325 e. The highest BCUT2D eigenvalue weighted by atomic mass is 16.5. The van der Waals surface area contributed by atoms with Crippen molar-refractivity contribution in [2.75, 3.05) is 20.2 Å². The van der Waals surface area contributed by atoms with Crippen LogP contribution < -0.4 is 0 Å². The van der Waals surface area contributed by atoms with Crippen LogP contribution in [0.4, 0.5) is 0 Å². The molecule has 0 aliphatic rings. The molecule has 21 heavy (non-hydrogen) atoms. The molecule has 0 bridgehead atoms. The second kappa shape index (κ2) is 6.69. The fourth-order valence-corrected chi connectivity index (χ4v) is 1.92. The Hall–Kier alpha value is -2.63. The summed E-state index contributed by atoms with van der Waals surface area (Å²) in [5.41, 5.74) is 1.23. The zero-order valence-corrected chi connectivity index (χ0v) is 12.0. The van der Waals surface area contributed by atoms with E-state index in [-0.39, 0.29) is 12.5 Å². The van der Waals surface area contributed by atoms with Crippen LogP contribution >= 0.6 is 0 Å². The van der Waals surface area contributed by atoms with Gasteiger partial charge < -0.3 is 9.64 Å². The second-order valence-electron chi connectivity index (χ2n) is 4.45. The Bertz CT molecular complexity index is 622. The van der Waals surface area contributed by atoms with Gasteiger partial charge in [0.25, 0.3) is 5.91 Å². The lowest BCUT2D eigenvalue weighted by Crippen LogP contribution is -2.34. The van der Waals surface area contributed by atoms with Crippen molar-refractivity contribution >= 4 is 11.9 Å². The van der Waals surface area contributed by atoms with Gasteiger partial charge in [0.2, 0.25) is 0 Å². The van der Waals surface area contributed by atoms with Gasteiger partial charge in [0.15, 0.2) is 0 Å². The predicted octanol–water partition coefficient (Wildman–Crippen LogP) is 1.51. The largest absolute Gasteiger partial charge is 0.465 e. The fraction of sp³-hybridized carbons (Fsp3) is 0.267. The molecule has 0 saturated heterocycles. The number of nitrogens with zero attached hydrogens (tertiary/aromatic N) is 3. The van der Waals surface area contributed by atoms with Crippen molar-refractivity contribution in [1.29, 1.82) is 0 Å². The van der Waals surface area contributed by atoms with E-state index in [2.05, 4.69) is 4.98 Å². The maximum absolute atomic E-state index is 12.4. The van der Waals surface area contributed by atoms with Gasteiger partial charge in [-0.25, -0.2) is 4.98 Å². The summed E-state index contributed by atoms with van der Waals surface area (Å²) >= 11 is 0. The Morgan fingerprint density at radius 3 is 2.67 bits per heavy atom. The van der Waals surface area contributed by atoms with E-state index < -0.39 is 5.97 Å². The normalized spacial score (nSPS) is 10.2. The number of imidazole rings is 1. The first-order valence-corrected chi connectivity index (χ1v) is 6.62. The van der Waals surface area contributed by atoms with Gasteiger partial charge in [0.05, 0.1) is 19.1 Å². The van der Waals surface area contributed by atoms with Gasteiger partial charge in [-0.15, -0.1) is 0 Å². The minimum atomic E-state index is -0.431. The third kappa shape index (κ3) is 3.47. The Balaban J connectivity index is 2.17. The lowest BCUT2D eigenvalue weighted by Gasteiger charge is -2.17. The lowest BCUT2D eigenvalue weighted by molar-refractivity contribution is -0.143. The number of carbonyl (C=O) groups is 2. The molecular weight excluding hydrogens is 270 g/mol. The van der Waals surface area contributed by atoms with Gasteiger partial charge in [-0.1, -0.05) is 18.2 Å². The Kier molecular flexibility index (Phi) is 4.71. The van der Waals surface area contributed by atoms with Crippen LogP contribution in [0.3, 0.4) is 0 Å². The number of hydrogen-bond acceptors (Lipinski definition) is 4. The highest BCUT2D eigenvalue weighted by Crippen LogP contribution is 2.12. The van der Waals surface area contributed by atoms with E-state index in [1.54, 1.807) is 24.9 Å². The van der Waals surface area contributed by atoms with Crippen LogP contribution in [0, 0.1) is 0 Å². The zero-order valence-electron chi connectivity index (χ0n) is 12.0. The van der Waals surface area contributed by atoms with E-state index in [0.717, 1.165) is 5.69 Å². The number of ether oxygens (including phenoxy) is 1. The molecule has 0 unspecified atom stereocenters. The van der Waals surface area contributed by atoms with E-state index in [9.17, 15) is 9.59 Å². The average Bonchev–Trinajstić information content (AvgIpc) is 2.96. The Morgan fingerprint density at radius 2 is 2.00 bits per heavy atom. The van der Waals surface area contributed by atoms with Crippen LogP contribution in [-0.4, -0.2) is 46.5 Å². The number of hydrogen-bond donors (Lipinski definition) is 0. The standard InChI is InChI=1S/C15H17N3O3/c1-3-21-14(19)10-17(2)15(20)13-9-16-11-18(13)12-7-5-4-6-8-12/h4-9,11H,3,10H2,1-2H3. The van der Waals surface area contributed by atoms with Crippen LogP contribution in [0.25, 0.3) is 5.69 Å². The SMILES string of the molecule is CCOC(=O)CN(C)C(=O)c1cncn1-c1ccccc1.